The zero-order valence-electron chi connectivity index (χ0n) is 16.0. The summed E-state index contributed by atoms with van der Waals surface area (Å²) < 4.78 is 19.4. The third kappa shape index (κ3) is 3.57. The van der Waals surface area contributed by atoms with Crippen LogP contribution in [0.3, 0.4) is 0 Å². The minimum absolute atomic E-state index is 0.0401. The molecule has 2 aromatic carbocycles. The minimum Gasteiger partial charge on any atom is -0.467 e. The fourth-order valence-corrected chi connectivity index (χ4v) is 3.39. The normalized spacial score (nSPS) is 14.0. The van der Waals surface area contributed by atoms with E-state index in [1.54, 1.807) is 42.6 Å². The van der Waals surface area contributed by atoms with E-state index < -0.39 is 23.8 Å². The van der Waals surface area contributed by atoms with Gasteiger partial charge in [-0.2, -0.15) is 0 Å². The first-order chi connectivity index (χ1) is 14.5. The molecule has 30 heavy (non-hydrogen) atoms. The van der Waals surface area contributed by atoms with Gasteiger partial charge in [-0.15, -0.1) is 5.10 Å². The molecule has 1 aliphatic heterocycles. The molecule has 0 aliphatic carbocycles. The molecule has 9 heteroatoms. The maximum Gasteiger partial charge on any atom is 0.329 e. The van der Waals surface area contributed by atoms with Crippen LogP contribution in [-0.4, -0.2) is 50.8 Å². The Morgan fingerprint density at radius 1 is 1.07 bits per heavy atom. The van der Waals surface area contributed by atoms with Crippen molar-refractivity contribution in [2.45, 2.75) is 19.0 Å². The Balaban J connectivity index is 1.56. The van der Waals surface area contributed by atoms with E-state index in [0.29, 0.717) is 12.2 Å². The molecule has 0 fully saturated rings. The Bertz CT molecular complexity index is 1090. The molecule has 0 bridgehead atoms. The van der Waals surface area contributed by atoms with Gasteiger partial charge >= 0.3 is 5.97 Å². The van der Waals surface area contributed by atoms with E-state index in [0.717, 1.165) is 10.5 Å². The van der Waals surface area contributed by atoms with Crippen LogP contribution in [0.2, 0.25) is 0 Å². The zero-order valence-corrected chi connectivity index (χ0v) is 16.0. The molecule has 1 atom stereocenters. The van der Waals surface area contributed by atoms with Crippen molar-refractivity contribution < 1.29 is 23.5 Å². The molecule has 4 rings (SSSR count). The molecule has 2 heterocycles. The van der Waals surface area contributed by atoms with Crippen molar-refractivity contribution in [3.05, 3.63) is 82.9 Å². The van der Waals surface area contributed by atoms with Gasteiger partial charge in [-0.25, -0.2) is 13.9 Å². The molecule has 1 unspecified atom stereocenters. The molecule has 0 saturated heterocycles. The Kier molecular flexibility index (Phi) is 5.09. The molecule has 8 nitrogen and oxygen atoms in total. The lowest BCUT2D eigenvalue weighted by molar-refractivity contribution is -0.145. The molecule has 3 aromatic rings. The lowest BCUT2D eigenvalue weighted by atomic mass is 10.1. The molecule has 0 N–H and O–H groups in total. The monoisotopic (exact) mass is 408 g/mol. The standard InChI is InChI=1S/C21H17FN4O4/c1-30-21(29)18(26-19(27)16-4-2-3-5-17(16)20(26)28)10-15-12-25(24-23-15)11-13-6-8-14(22)9-7-13/h2-9,12,18H,10-11H2,1H3. The number of hydrogen-bond acceptors (Lipinski definition) is 6. The second kappa shape index (κ2) is 7.86. The number of aromatic nitrogens is 3. The number of carbonyl (C=O) groups excluding carboxylic acids is 3. The van der Waals surface area contributed by atoms with Crippen LogP contribution in [-0.2, 0) is 22.5 Å². The molecule has 0 saturated carbocycles. The van der Waals surface area contributed by atoms with E-state index in [1.165, 1.54) is 23.9 Å². The Hall–Kier alpha value is -3.88. The summed E-state index contributed by atoms with van der Waals surface area (Å²) in [5.74, 6) is -2.16. The van der Waals surface area contributed by atoms with E-state index in [-0.39, 0.29) is 23.4 Å². The number of hydrogen-bond donors (Lipinski definition) is 0. The van der Waals surface area contributed by atoms with Crippen molar-refractivity contribution in [3.63, 3.8) is 0 Å². The van der Waals surface area contributed by atoms with Crippen LogP contribution < -0.4 is 0 Å². The largest absolute Gasteiger partial charge is 0.467 e. The van der Waals surface area contributed by atoms with Crippen LogP contribution in [0.4, 0.5) is 4.39 Å². The highest BCUT2D eigenvalue weighted by Crippen LogP contribution is 2.26. The Morgan fingerprint density at radius 2 is 1.70 bits per heavy atom. The first-order valence-electron chi connectivity index (χ1n) is 9.16. The molecular formula is C21H17FN4O4. The van der Waals surface area contributed by atoms with Crippen molar-refractivity contribution >= 4 is 17.8 Å². The molecule has 2 amide bonds. The van der Waals surface area contributed by atoms with Crippen molar-refractivity contribution in [1.29, 1.82) is 0 Å². The van der Waals surface area contributed by atoms with Crippen LogP contribution in [0.5, 0.6) is 0 Å². The summed E-state index contributed by atoms with van der Waals surface area (Å²) in [5.41, 5.74) is 1.72. The minimum atomic E-state index is -1.17. The molecule has 0 radical (unpaired) electrons. The molecule has 152 valence electrons. The quantitative estimate of drug-likeness (QED) is 0.456. The summed E-state index contributed by atoms with van der Waals surface area (Å²) in [6.07, 6.45) is 1.57. The first-order valence-corrected chi connectivity index (χ1v) is 9.16. The third-order valence-corrected chi connectivity index (χ3v) is 4.86. The number of nitrogens with zero attached hydrogens (tertiary/aromatic N) is 4. The lowest BCUT2D eigenvalue weighted by Crippen LogP contribution is -2.46. The average molecular weight is 408 g/mol. The number of esters is 1. The number of imide groups is 1. The van der Waals surface area contributed by atoms with Gasteiger partial charge in [-0.1, -0.05) is 29.5 Å². The van der Waals surface area contributed by atoms with E-state index in [1.807, 2.05) is 0 Å². The van der Waals surface area contributed by atoms with Crippen molar-refractivity contribution in [1.82, 2.24) is 19.9 Å². The summed E-state index contributed by atoms with van der Waals surface area (Å²) in [6.45, 7) is 0.350. The van der Waals surface area contributed by atoms with Gasteiger partial charge in [0.25, 0.3) is 11.8 Å². The number of rotatable bonds is 6. The smallest absolute Gasteiger partial charge is 0.329 e. The Morgan fingerprint density at radius 3 is 2.30 bits per heavy atom. The van der Waals surface area contributed by atoms with Crippen molar-refractivity contribution in [2.24, 2.45) is 0 Å². The van der Waals surface area contributed by atoms with Crippen molar-refractivity contribution in [3.8, 4) is 0 Å². The molecule has 1 aliphatic rings. The zero-order chi connectivity index (χ0) is 21.3. The van der Waals surface area contributed by atoms with Gasteiger partial charge < -0.3 is 4.74 Å². The van der Waals surface area contributed by atoms with Gasteiger partial charge in [-0.05, 0) is 29.8 Å². The number of halogens is 1. The van der Waals surface area contributed by atoms with Gasteiger partial charge in [-0.3, -0.25) is 14.5 Å². The number of methoxy groups -OCH3 is 1. The highest BCUT2D eigenvalue weighted by Gasteiger charge is 2.43. The number of benzene rings is 2. The maximum atomic E-state index is 13.1. The third-order valence-electron chi connectivity index (χ3n) is 4.86. The highest BCUT2D eigenvalue weighted by molar-refractivity contribution is 6.22. The summed E-state index contributed by atoms with van der Waals surface area (Å²) in [4.78, 5) is 38.8. The van der Waals surface area contributed by atoms with Gasteiger partial charge in [0.05, 0.1) is 30.5 Å². The topological polar surface area (TPSA) is 94.4 Å². The number of carbonyl (C=O) groups is 3. The van der Waals surface area contributed by atoms with Crippen LogP contribution >= 0.6 is 0 Å². The predicted octanol–water partition coefficient (Wildman–Crippen LogP) is 1.85. The number of ether oxygens (including phenoxy) is 1. The van der Waals surface area contributed by atoms with Gasteiger partial charge in [0.1, 0.15) is 11.9 Å². The van der Waals surface area contributed by atoms with Gasteiger partial charge in [0.15, 0.2) is 0 Å². The van der Waals surface area contributed by atoms with Crippen LogP contribution in [0.1, 0.15) is 32.0 Å². The van der Waals surface area contributed by atoms with Gasteiger partial charge in [0.2, 0.25) is 0 Å². The summed E-state index contributed by atoms with van der Waals surface area (Å²) >= 11 is 0. The lowest BCUT2D eigenvalue weighted by Gasteiger charge is -2.23. The van der Waals surface area contributed by atoms with E-state index in [4.69, 9.17) is 4.74 Å². The predicted molar refractivity (Wildman–Crippen MR) is 102 cm³/mol. The highest BCUT2D eigenvalue weighted by atomic mass is 19.1. The fraction of sp³-hybridized carbons (Fsp3) is 0.190. The fourth-order valence-electron chi connectivity index (χ4n) is 3.39. The molecule has 0 spiro atoms. The van der Waals surface area contributed by atoms with Crippen molar-refractivity contribution in [2.75, 3.05) is 7.11 Å². The van der Waals surface area contributed by atoms with E-state index in [2.05, 4.69) is 10.3 Å². The number of fused-ring (bicyclic) bond motifs is 1. The SMILES string of the molecule is COC(=O)C(Cc1cn(Cc2ccc(F)cc2)nn1)N1C(=O)c2ccccc2C1=O. The second-order valence-electron chi connectivity index (χ2n) is 6.80. The molecule has 1 aromatic heterocycles. The average Bonchev–Trinajstić information content (AvgIpc) is 3.30. The summed E-state index contributed by atoms with van der Waals surface area (Å²) in [6, 6.07) is 11.2. The molecular weight excluding hydrogens is 391 g/mol. The Labute approximate surface area is 170 Å². The summed E-state index contributed by atoms with van der Waals surface area (Å²) in [7, 11) is 1.19. The second-order valence-corrected chi connectivity index (χ2v) is 6.80. The van der Waals surface area contributed by atoms with Crippen LogP contribution in [0.25, 0.3) is 0 Å². The maximum absolute atomic E-state index is 13.1. The van der Waals surface area contributed by atoms with Crippen LogP contribution in [0.15, 0.2) is 54.7 Å². The summed E-state index contributed by atoms with van der Waals surface area (Å²) in [5, 5.41) is 8.05. The number of amides is 2. The van der Waals surface area contributed by atoms with Gasteiger partial charge in [0, 0.05) is 12.6 Å². The first kappa shape index (κ1) is 19.4. The van der Waals surface area contributed by atoms with E-state index in [9.17, 15) is 18.8 Å². The van der Waals surface area contributed by atoms with E-state index >= 15 is 0 Å². The van der Waals surface area contributed by atoms with Crippen LogP contribution in [0, 0.1) is 5.82 Å².